The first-order chi connectivity index (χ1) is 18.6. The van der Waals surface area contributed by atoms with Gasteiger partial charge < -0.3 is 14.0 Å². The SMILES string of the molecule is C=CCOC(Cn1ccnc1)c1ccc(Cl)cc1Cl.CC(C)(C)C(=O)C(Oc1ccc(Cl)cc1)n1cncn1. The number of hydrogen-bond acceptors (Lipinski definition) is 6. The zero-order valence-electron chi connectivity index (χ0n) is 21.9. The minimum atomic E-state index is -0.848. The predicted octanol–water partition coefficient (Wildman–Crippen LogP) is 7.26. The summed E-state index contributed by atoms with van der Waals surface area (Å²) in [5, 5.41) is 5.82. The number of hydrogen-bond donors (Lipinski definition) is 0. The van der Waals surface area contributed by atoms with Crippen LogP contribution in [0.1, 0.15) is 38.7 Å². The fraction of sp³-hybridized carbons (Fsp3) is 0.286. The van der Waals surface area contributed by atoms with E-state index in [1.54, 1.807) is 55.0 Å². The summed E-state index contributed by atoms with van der Waals surface area (Å²) in [6, 6.07) is 12.2. The summed E-state index contributed by atoms with van der Waals surface area (Å²) in [4.78, 5) is 20.4. The van der Waals surface area contributed by atoms with Crippen molar-refractivity contribution < 1.29 is 14.3 Å². The molecular weight excluding hydrogens is 561 g/mol. The van der Waals surface area contributed by atoms with Crippen LogP contribution in [0.5, 0.6) is 5.75 Å². The first-order valence-corrected chi connectivity index (χ1v) is 13.2. The smallest absolute Gasteiger partial charge is 0.252 e. The second-order valence-corrected chi connectivity index (χ2v) is 10.7. The van der Waals surface area contributed by atoms with E-state index in [4.69, 9.17) is 44.3 Å². The molecule has 4 rings (SSSR count). The summed E-state index contributed by atoms with van der Waals surface area (Å²) in [5.74, 6) is 0.463. The molecule has 2 unspecified atom stereocenters. The average molecular weight is 591 g/mol. The van der Waals surface area contributed by atoms with Gasteiger partial charge in [-0.3, -0.25) is 4.79 Å². The van der Waals surface area contributed by atoms with Gasteiger partial charge in [-0.2, -0.15) is 5.10 Å². The van der Waals surface area contributed by atoms with E-state index in [0.29, 0.717) is 34.0 Å². The molecule has 0 amide bonds. The Bertz CT molecular complexity index is 1320. The van der Waals surface area contributed by atoms with Gasteiger partial charge in [-0.05, 0) is 36.4 Å². The molecule has 2 aromatic heterocycles. The number of nitrogens with zero attached hydrogens (tertiary/aromatic N) is 5. The van der Waals surface area contributed by atoms with Crippen LogP contribution in [0.15, 0.2) is 86.5 Å². The largest absolute Gasteiger partial charge is 0.461 e. The molecule has 0 spiro atoms. The van der Waals surface area contributed by atoms with Crippen LogP contribution in [0, 0.1) is 5.41 Å². The minimum Gasteiger partial charge on any atom is -0.461 e. The molecule has 4 aromatic rings. The van der Waals surface area contributed by atoms with Gasteiger partial charge in [0.25, 0.3) is 6.23 Å². The Labute approximate surface area is 243 Å². The maximum Gasteiger partial charge on any atom is 0.252 e. The highest BCUT2D eigenvalue weighted by Gasteiger charge is 2.33. The van der Waals surface area contributed by atoms with Crippen molar-refractivity contribution in [2.75, 3.05) is 6.61 Å². The fourth-order valence-corrected chi connectivity index (χ4v) is 4.01. The Hall–Kier alpha value is -3.17. The van der Waals surface area contributed by atoms with Gasteiger partial charge >= 0.3 is 0 Å². The van der Waals surface area contributed by atoms with E-state index >= 15 is 0 Å². The molecule has 0 saturated heterocycles. The van der Waals surface area contributed by atoms with Crippen molar-refractivity contribution in [3.8, 4) is 5.75 Å². The molecule has 2 aromatic carbocycles. The Morgan fingerprint density at radius 1 is 1.05 bits per heavy atom. The molecule has 2 atom stereocenters. The topological polar surface area (TPSA) is 84.1 Å². The first-order valence-electron chi connectivity index (χ1n) is 12.0. The van der Waals surface area contributed by atoms with Crippen molar-refractivity contribution >= 4 is 40.6 Å². The Kier molecular flexibility index (Phi) is 11.1. The van der Waals surface area contributed by atoms with Crippen LogP contribution in [0.25, 0.3) is 0 Å². The molecule has 0 fully saturated rings. The summed E-state index contributed by atoms with van der Waals surface area (Å²) in [6.45, 7) is 10.3. The standard InChI is InChI=1S/C14H14Cl2N2O.C14H16ClN3O2/c1-2-7-19-14(9-18-6-5-17-10-18)12-4-3-11(15)8-13(12)16;1-14(2,3)12(19)13(18-9-16-8-17-18)20-11-6-4-10(15)5-7-11/h2-6,8,10,14H,1,7,9H2;4-9,13H,1-3H3. The van der Waals surface area contributed by atoms with Gasteiger partial charge in [0.15, 0.2) is 0 Å². The van der Waals surface area contributed by atoms with Gasteiger partial charge in [0.05, 0.1) is 19.5 Å². The lowest BCUT2D eigenvalue weighted by Gasteiger charge is -2.25. The summed E-state index contributed by atoms with van der Waals surface area (Å²) in [5.41, 5.74) is 0.352. The molecule has 39 heavy (non-hydrogen) atoms. The molecule has 0 aliphatic rings. The first kappa shape index (κ1) is 30.4. The molecule has 2 heterocycles. The molecule has 0 bridgehead atoms. The van der Waals surface area contributed by atoms with Gasteiger partial charge in [-0.25, -0.2) is 14.6 Å². The van der Waals surface area contributed by atoms with E-state index in [9.17, 15) is 4.79 Å². The summed E-state index contributed by atoms with van der Waals surface area (Å²) in [7, 11) is 0. The lowest BCUT2D eigenvalue weighted by Crippen LogP contribution is -2.34. The van der Waals surface area contributed by atoms with E-state index < -0.39 is 11.6 Å². The van der Waals surface area contributed by atoms with Crippen molar-refractivity contribution in [2.45, 2.75) is 39.6 Å². The lowest BCUT2D eigenvalue weighted by molar-refractivity contribution is -0.138. The Balaban J connectivity index is 0.000000216. The number of Topliss-reactive ketones (excluding diaryl/α,β-unsaturated/α-hetero) is 1. The Morgan fingerprint density at radius 3 is 2.33 bits per heavy atom. The normalized spacial score (nSPS) is 12.7. The maximum atomic E-state index is 12.5. The van der Waals surface area contributed by atoms with Gasteiger partial charge in [-0.15, -0.1) is 6.58 Å². The second kappa shape index (κ2) is 14.3. The molecule has 0 saturated carbocycles. The highest BCUT2D eigenvalue weighted by atomic mass is 35.5. The van der Waals surface area contributed by atoms with Crippen molar-refractivity contribution in [3.05, 3.63) is 107 Å². The zero-order valence-corrected chi connectivity index (χ0v) is 24.1. The van der Waals surface area contributed by atoms with E-state index in [2.05, 4.69) is 21.6 Å². The third-order valence-electron chi connectivity index (χ3n) is 5.36. The number of halogens is 3. The van der Waals surface area contributed by atoms with Crippen LogP contribution in [-0.4, -0.2) is 36.7 Å². The van der Waals surface area contributed by atoms with Crippen molar-refractivity contribution in [3.63, 3.8) is 0 Å². The number of aromatic nitrogens is 5. The molecular formula is C28H30Cl3N5O3. The molecule has 11 heteroatoms. The average Bonchev–Trinajstić information content (AvgIpc) is 3.61. The summed E-state index contributed by atoms with van der Waals surface area (Å²) in [6.07, 6.45) is 8.88. The highest BCUT2D eigenvalue weighted by Crippen LogP contribution is 2.30. The van der Waals surface area contributed by atoms with Crippen molar-refractivity contribution in [2.24, 2.45) is 5.41 Å². The van der Waals surface area contributed by atoms with Gasteiger partial charge in [0.2, 0.25) is 5.78 Å². The molecule has 206 valence electrons. The minimum absolute atomic E-state index is 0.0852. The van der Waals surface area contributed by atoms with Crippen LogP contribution >= 0.6 is 34.8 Å². The van der Waals surface area contributed by atoms with Crippen LogP contribution in [0.3, 0.4) is 0 Å². The maximum absolute atomic E-state index is 12.5. The summed E-state index contributed by atoms with van der Waals surface area (Å²) < 4.78 is 14.9. The third kappa shape index (κ3) is 9.21. The lowest BCUT2D eigenvalue weighted by atomic mass is 9.90. The van der Waals surface area contributed by atoms with E-state index in [-0.39, 0.29) is 11.9 Å². The molecule has 0 aliphatic heterocycles. The summed E-state index contributed by atoms with van der Waals surface area (Å²) >= 11 is 18.0. The van der Waals surface area contributed by atoms with E-state index in [1.165, 1.54) is 17.3 Å². The molecule has 0 N–H and O–H groups in total. The quantitative estimate of drug-likeness (QED) is 0.181. The van der Waals surface area contributed by atoms with Crippen molar-refractivity contribution in [1.29, 1.82) is 0 Å². The predicted molar refractivity (Wildman–Crippen MR) is 153 cm³/mol. The van der Waals surface area contributed by atoms with Crippen LogP contribution < -0.4 is 4.74 Å². The van der Waals surface area contributed by atoms with Crippen LogP contribution in [0.2, 0.25) is 15.1 Å². The highest BCUT2D eigenvalue weighted by molar-refractivity contribution is 6.35. The van der Waals surface area contributed by atoms with E-state index in [0.717, 1.165) is 5.56 Å². The number of benzene rings is 2. The van der Waals surface area contributed by atoms with Crippen LogP contribution in [-0.2, 0) is 16.1 Å². The fourth-order valence-electron chi connectivity index (χ4n) is 3.35. The Morgan fingerprint density at radius 2 is 1.77 bits per heavy atom. The monoisotopic (exact) mass is 589 g/mol. The van der Waals surface area contributed by atoms with E-state index in [1.807, 2.05) is 37.6 Å². The number of ketones is 1. The number of ether oxygens (including phenoxy) is 2. The third-order valence-corrected chi connectivity index (χ3v) is 6.18. The van der Waals surface area contributed by atoms with Crippen LogP contribution in [0.4, 0.5) is 0 Å². The zero-order chi connectivity index (χ0) is 28.4. The number of rotatable bonds is 10. The van der Waals surface area contributed by atoms with Gasteiger partial charge in [0, 0.05) is 38.4 Å². The molecule has 8 nitrogen and oxygen atoms in total. The van der Waals surface area contributed by atoms with Crippen molar-refractivity contribution in [1.82, 2.24) is 24.3 Å². The molecule has 0 radical (unpaired) electrons. The van der Waals surface area contributed by atoms with Gasteiger partial charge in [0.1, 0.15) is 24.5 Å². The number of carbonyl (C=O) groups excluding carboxylic acids is 1. The number of imidazole rings is 1. The molecule has 0 aliphatic carbocycles. The second-order valence-electron chi connectivity index (χ2n) is 9.45. The number of carbonyl (C=O) groups is 1. The van der Waals surface area contributed by atoms with Gasteiger partial charge in [-0.1, -0.05) is 67.7 Å².